The van der Waals surface area contributed by atoms with Gasteiger partial charge in [0.1, 0.15) is 0 Å². The highest BCUT2D eigenvalue weighted by molar-refractivity contribution is 5.21. The van der Waals surface area contributed by atoms with Crippen molar-refractivity contribution in [2.24, 2.45) is 5.73 Å². The zero-order chi connectivity index (χ0) is 13.5. The molecule has 102 valence electrons. The first-order valence-electron chi connectivity index (χ1n) is 6.13. The largest absolute Gasteiger partial charge is 0.481 e. The lowest BCUT2D eigenvalue weighted by Crippen LogP contribution is -2.35. The Labute approximate surface area is 110 Å². The molecule has 0 radical (unpaired) electrons. The van der Waals surface area contributed by atoms with Crippen LogP contribution in [0.5, 0.6) is 5.88 Å². The molecular formula is C13H24N4O. The molecule has 1 unspecified atom stereocenters. The number of nitrogens with two attached hydrogens (primary N) is 1. The van der Waals surface area contributed by atoms with Crippen LogP contribution in [-0.2, 0) is 0 Å². The number of likely N-dealkylation sites (N-methyl/N-ethyl adjacent to an activating group) is 2. The zero-order valence-corrected chi connectivity index (χ0v) is 11.8. The average Bonchev–Trinajstić information content (AvgIpc) is 2.38. The predicted octanol–water partition coefficient (Wildman–Crippen LogP) is 0.583. The number of rotatable bonds is 7. The van der Waals surface area contributed by atoms with Crippen molar-refractivity contribution in [2.75, 3.05) is 47.9 Å². The van der Waals surface area contributed by atoms with Gasteiger partial charge in [0.2, 0.25) is 5.88 Å². The Morgan fingerprint density at radius 3 is 2.44 bits per heavy atom. The van der Waals surface area contributed by atoms with Gasteiger partial charge in [0.15, 0.2) is 0 Å². The van der Waals surface area contributed by atoms with Crippen molar-refractivity contribution in [3.8, 4) is 5.88 Å². The molecule has 1 heterocycles. The van der Waals surface area contributed by atoms with Gasteiger partial charge in [-0.15, -0.1) is 0 Å². The molecule has 0 aliphatic rings. The molecule has 5 nitrogen and oxygen atoms in total. The standard InChI is InChI=1S/C13H24N4O/c1-16(2)7-8-17(3)12(9-14)11-5-6-13(18-4)15-10-11/h5-6,10,12H,7-9,14H2,1-4H3. The normalized spacial score (nSPS) is 13.1. The van der Waals surface area contributed by atoms with E-state index in [2.05, 4.69) is 35.9 Å². The van der Waals surface area contributed by atoms with Gasteiger partial charge in [-0.2, -0.15) is 0 Å². The van der Waals surface area contributed by atoms with Gasteiger partial charge >= 0.3 is 0 Å². The van der Waals surface area contributed by atoms with Crippen LogP contribution in [0.15, 0.2) is 18.3 Å². The summed E-state index contributed by atoms with van der Waals surface area (Å²) in [6.07, 6.45) is 1.84. The summed E-state index contributed by atoms with van der Waals surface area (Å²) in [4.78, 5) is 8.65. The fourth-order valence-corrected chi connectivity index (χ4v) is 1.79. The lowest BCUT2D eigenvalue weighted by atomic mass is 10.1. The summed E-state index contributed by atoms with van der Waals surface area (Å²) in [5.74, 6) is 0.630. The molecule has 0 bridgehead atoms. The number of methoxy groups -OCH3 is 1. The van der Waals surface area contributed by atoms with Crippen LogP contribution in [-0.4, -0.2) is 62.7 Å². The Balaban J connectivity index is 2.68. The molecule has 0 spiro atoms. The van der Waals surface area contributed by atoms with Gasteiger partial charge in [0.05, 0.1) is 7.11 Å². The number of aromatic nitrogens is 1. The zero-order valence-electron chi connectivity index (χ0n) is 11.8. The van der Waals surface area contributed by atoms with E-state index in [0.717, 1.165) is 18.7 Å². The molecule has 0 aliphatic carbocycles. The number of nitrogens with zero attached hydrogens (tertiary/aromatic N) is 3. The molecule has 5 heteroatoms. The summed E-state index contributed by atoms with van der Waals surface area (Å²) in [6.45, 7) is 2.56. The van der Waals surface area contributed by atoms with E-state index in [1.165, 1.54) is 0 Å². The SMILES string of the molecule is COc1ccc(C(CN)N(C)CCN(C)C)cn1. The van der Waals surface area contributed by atoms with Crippen LogP contribution >= 0.6 is 0 Å². The van der Waals surface area contributed by atoms with Crippen LogP contribution in [0.25, 0.3) is 0 Å². The molecule has 0 aliphatic heterocycles. The molecule has 1 rings (SSSR count). The fourth-order valence-electron chi connectivity index (χ4n) is 1.79. The van der Waals surface area contributed by atoms with Crippen molar-refractivity contribution in [1.82, 2.24) is 14.8 Å². The van der Waals surface area contributed by atoms with E-state index < -0.39 is 0 Å². The maximum atomic E-state index is 5.87. The molecule has 1 atom stereocenters. The monoisotopic (exact) mass is 252 g/mol. The summed E-state index contributed by atoms with van der Waals surface area (Å²) in [5.41, 5.74) is 6.99. The van der Waals surface area contributed by atoms with Crippen LogP contribution in [0, 0.1) is 0 Å². The van der Waals surface area contributed by atoms with Crippen molar-refractivity contribution < 1.29 is 4.74 Å². The highest BCUT2D eigenvalue weighted by Crippen LogP contribution is 2.18. The highest BCUT2D eigenvalue weighted by atomic mass is 16.5. The molecule has 0 saturated heterocycles. The van der Waals surface area contributed by atoms with Gasteiger partial charge in [-0.25, -0.2) is 4.98 Å². The third kappa shape index (κ3) is 4.25. The molecule has 18 heavy (non-hydrogen) atoms. The predicted molar refractivity (Wildman–Crippen MR) is 73.8 cm³/mol. The van der Waals surface area contributed by atoms with Crippen molar-refractivity contribution in [1.29, 1.82) is 0 Å². The number of ether oxygens (including phenoxy) is 1. The Hall–Kier alpha value is -1.17. The van der Waals surface area contributed by atoms with E-state index in [1.807, 2.05) is 18.3 Å². The summed E-state index contributed by atoms with van der Waals surface area (Å²) in [5, 5.41) is 0. The first kappa shape index (κ1) is 14.9. The van der Waals surface area contributed by atoms with Crippen LogP contribution < -0.4 is 10.5 Å². The smallest absolute Gasteiger partial charge is 0.212 e. The summed E-state index contributed by atoms with van der Waals surface area (Å²) >= 11 is 0. The number of pyridine rings is 1. The average molecular weight is 252 g/mol. The van der Waals surface area contributed by atoms with E-state index in [0.29, 0.717) is 12.4 Å². The van der Waals surface area contributed by atoms with Crippen molar-refractivity contribution >= 4 is 0 Å². The second kappa shape index (κ2) is 7.31. The molecule has 1 aromatic rings. The van der Waals surface area contributed by atoms with Gasteiger partial charge in [0, 0.05) is 37.9 Å². The quantitative estimate of drug-likeness (QED) is 0.769. The Morgan fingerprint density at radius 2 is 2.00 bits per heavy atom. The highest BCUT2D eigenvalue weighted by Gasteiger charge is 2.15. The van der Waals surface area contributed by atoms with Gasteiger partial charge < -0.3 is 15.4 Å². The maximum absolute atomic E-state index is 5.87. The molecule has 0 amide bonds. The Morgan fingerprint density at radius 1 is 1.28 bits per heavy atom. The summed E-state index contributed by atoms with van der Waals surface area (Å²) < 4.78 is 5.06. The van der Waals surface area contributed by atoms with Crippen LogP contribution in [0.3, 0.4) is 0 Å². The minimum atomic E-state index is 0.198. The fraction of sp³-hybridized carbons (Fsp3) is 0.615. The third-order valence-corrected chi connectivity index (χ3v) is 3.01. The topological polar surface area (TPSA) is 54.6 Å². The molecular weight excluding hydrogens is 228 g/mol. The van der Waals surface area contributed by atoms with Gasteiger partial charge in [-0.1, -0.05) is 6.07 Å². The first-order valence-corrected chi connectivity index (χ1v) is 6.13. The Kier molecular flexibility index (Phi) is 6.04. The molecule has 0 fully saturated rings. The lowest BCUT2D eigenvalue weighted by molar-refractivity contribution is 0.222. The Bertz CT molecular complexity index is 339. The van der Waals surface area contributed by atoms with Crippen LogP contribution in [0.1, 0.15) is 11.6 Å². The third-order valence-electron chi connectivity index (χ3n) is 3.01. The minimum Gasteiger partial charge on any atom is -0.481 e. The van der Waals surface area contributed by atoms with Crippen LogP contribution in [0.4, 0.5) is 0 Å². The van der Waals surface area contributed by atoms with E-state index in [9.17, 15) is 0 Å². The maximum Gasteiger partial charge on any atom is 0.212 e. The van der Waals surface area contributed by atoms with Crippen molar-refractivity contribution in [3.05, 3.63) is 23.9 Å². The molecule has 1 aromatic heterocycles. The summed E-state index contributed by atoms with van der Waals surface area (Å²) in [6, 6.07) is 4.09. The van der Waals surface area contributed by atoms with E-state index in [-0.39, 0.29) is 6.04 Å². The number of hydrogen-bond donors (Lipinski definition) is 1. The number of hydrogen-bond acceptors (Lipinski definition) is 5. The van der Waals surface area contributed by atoms with Crippen LogP contribution in [0.2, 0.25) is 0 Å². The van der Waals surface area contributed by atoms with Gasteiger partial charge in [-0.05, 0) is 26.7 Å². The van der Waals surface area contributed by atoms with E-state index in [4.69, 9.17) is 10.5 Å². The van der Waals surface area contributed by atoms with Gasteiger partial charge in [-0.3, -0.25) is 4.90 Å². The van der Waals surface area contributed by atoms with Gasteiger partial charge in [0.25, 0.3) is 0 Å². The summed E-state index contributed by atoms with van der Waals surface area (Å²) in [7, 11) is 7.84. The molecule has 2 N–H and O–H groups in total. The first-order chi connectivity index (χ1) is 8.58. The molecule has 0 aromatic carbocycles. The minimum absolute atomic E-state index is 0.198. The van der Waals surface area contributed by atoms with E-state index >= 15 is 0 Å². The van der Waals surface area contributed by atoms with Crippen molar-refractivity contribution in [2.45, 2.75) is 6.04 Å². The lowest BCUT2D eigenvalue weighted by Gasteiger charge is -2.28. The second-order valence-corrected chi connectivity index (χ2v) is 4.67. The van der Waals surface area contributed by atoms with Crippen molar-refractivity contribution in [3.63, 3.8) is 0 Å². The molecule has 0 saturated carbocycles. The second-order valence-electron chi connectivity index (χ2n) is 4.67. The van der Waals surface area contributed by atoms with E-state index in [1.54, 1.807) is 7.11 Å².